The Kier molecular flexibility index (Phi) is 5.23. The first-order valence-electron chi connectivity index (χ1n) is 7.86. The van der Waals surface area contributed by atoms with E-state index in [9.17, 15) is 10.1 Å². The Bertz CT molecular complexity index is 953. The van der Waals surface area contributed by atoms with E-state index in [2.05, 4.69) is 15.3 Å². The third-order valence-electron chi connectivity index (χ3n) is 3.63. The van der Waals surface area contributed by atoms with Gasteiger partial charge in [0.15, 0.2) is 11.1 Å². The molecule has 8 heteroatoms. The summed E-state index contributed by atoms with van der Waals surface area (Å²) in [6, 6.07) is 16.3. The van der Waals surface area contributed by atoms with Crippen molar-refractivity contribution in [1.29, 1.82) is 0 Å². The fraction of sp³-hybridized carbons (Fsp3) is 0.111. The van der Waals surface area contributed by atoms with Crippen molar-refractivity contribution >= 4 is 28.1 Å². The lowest BCUT2D eigenvalue weighted by Crippen LogP contribution is -2.22. The van der Waals surface area contributed by atoms with E-state index < -0.39 is 4.92 Å². The number of hydrogen-bond acceptors (Lipinski definition) is 5. The number of non-ortho nitro benzene ring substituents is 1. The van der Waals surface area contributed by atoms with Gasteiger partial charge < -0.3 is 11.1 Å². The van der Waals surface area contributed by atoms with Crippen LogP contribution in [0.1, 0.15) is 11.3 Å². The number of benzene rings is 2. The number of thiazole rings is 1. The van der Waals surface area contributed by atoms with E-state index in [-0.39, 0.29) is 11.6 Å². The summed E-state index contributed by atoms with van der Waals surface area (Å²) in [6.07, 6.45) is 0. The number of nitro benzene ring substituents is 1. The van der Waals surface area contributed by atoms with Crippen LogP contribution in [-0.2, 0) is 6.54 Å². The summed E-state index contributed by atoms with van der Waals surface area (Å²) < 4.78 is 0. The van der Waals surface area contributed by atoms with Crippen LogP contribution in [0.2, 0.25) is 0 Å². The van der Waals surface area contributed by atoms with Crippen molar-refractivity contribution in [3.05, 3.63) is 76.0 Å². The van der Waals surface area contributed by atoms with Gasteiger partial charge in [-0.05, 0) is 12.5 Å². The van der Waals surface area contributed by atoms with Gasteiger partial charge in [0, 0.05) is 17.7 Å². The van der Waals surface area contributed by atoms with E-state index in [0.717, 1.165) is 21.7 Å². The van der Waals surface area contributed by atoms with E-state index in [1.54, 1.807) is 6.07 Å². The molecule has 3 aromatic rings. The molecule has 0 aliphatic rings. The molecule has 0 radical (unpaired) electrons. The van der Waals surface area contributed by atoms with Gasteiger partial charge in [0.1, 0.15) is 0 Å². The van der Waals surface area contributed by atoms with Crippen LogP contribution in [0.5, 0.6) is 0 Å². The van der Waals surface area contributed by atoms with E-state index in [1.165, 1.54) is 23.5 Å². The fourth-order valence-corrected chi connectivity index (χ4v) is 3.36. The molecule has 0 amide bonds. The molecular formula is C18H17N5O2S. The normalized spacial score (nSPS) is 11.3. The lowest BCUT2D eigenvalue weighted by Gasteiger charge is -2.01. The average Bonchev–Trinajstić information content (AvgIpc) is 3.01. The molecule has 7 nitrogen and oxygen atoms in total. The summed E-state index contributed by atoms with van der Waals surface area (Å²) in [6.45, 7) is 2.33. The number of aryl methyl sites for hydroxylation is 1. The van der Waals surface area contributed by atoms with Crippen molar-refractivity contribution in [3.8, 4) is 10.4 Å². The maximum atomic E-state index is 11.0. The Labute approximate surface area is 154 Å². The molecule has 0 saturated carbocycles. The highest BCUT2D eigenvalue weighted by Crippen LogP contribution is 2.34. The Morgan fingerprint density at radius 3 is 2.77 bits per heavy atom. The average molecular weight is 367 g/mol. The Balaban J connectivity index is 1.76. The second kappa shape index (κ2) is 7.75. The summed E-state index contributed by atoms with van der Waals surface area (Å²) in [5.41, 5.74) is 8.57. The number of nitro groups is 1. The summed E-state index contributed by atoms with van der Waals surface area (Å²) in [4.78, 5) is 20.1. The van der Waals surface area contributed by atoms with Crippen LogP contribution in [0.15, 0.2) is 59.6 Å². The Morgan fingerprint density at radius 2 is 2.04 bits per heavy atom. The van der Waals surface area contributed by atoms with Gasteiger partial charge in [-0.15, -0.1) is 0 Å². The van der Waals surface area contributed by atoms with Crippen LogP contribution in [0, 0.1) is 17.0 Å². The number of guanidine groups is 1. The fourth-order valence-electron chi connectivity index (χ4n) is 2.39. The molecule has 26 heavy (non-hydrogen) atoms. The summed E-state index contributed by atoms with van der Waals surface area (Å²) in [5.74, 6) is 0.271. The number of rotatable bonds is 5. The number of aromatic nitrogens is 1. The van der Waals surface area contributed by atoms with E-state index in [0.29, 0.717) is 11.7 Å². The molecule has 132 valence electrons. The minimum atomic E-state index is -0.409. The summed E-state index contributed by atoms with van der Waals surface area (Å²) >= 11 is 1.38. The van der Waals surface area contributed by atoms with E-state index >= 15 is 0 Å². The maximum absolute atomic E-state index is 11.0. The molecule has 1 heterocycles. The minimum Gasteiger partial charge on any atom is -0.370 e. The maximum Gasteiger partial charge on any atom is 0.270 e. The topological polar surface area (TPSA) is 106 Å². The SMILES string of the molecule is Cc1nc(NC(N)=NCc2ccccc2)sc1-c1cccc([N+](=O)[O-])c1. The van der Waals surface area contributed by atoms with Crippen LogP contribution >= 0.6 is 11.3 Å². The Hall–Kier alpha value is -3.26. The molecule has 3 rings (SSSR count). The highest BCUT2D eigenvalue weighted by molar-refractivity contribution is 7.19. The van der Waals surface area contributed by atoms with Crippen LogP contribution < -0.4 is 11.1 Å². The van der Waals surface area contributed by atoms with E-state index in [1.807, 2.05) is 43.3 Å². The minimum absolute atomic E-state index is 0.0498. The molecule has 0 saturated heterocycles. The quantitative estimate of drug-likeness (QED) is 0.307. The zero-order valence-electron chi connectivity index (χ0n) is 14.0. The second-order valence-electron chi connectivity index (χ2n) is 5.55. The van der Waals surface area contributed by atoms with Crippen molar-refractivity contribution in [2.24, 2.45) is 10.7 Å². The van der Waals surface area contributed by atoms with Crippen molar-refractivity contribution in [2.45, 2.75) is 13.5 Å². The second-order valence-corrected chi connectivity index (χ2v) is 6.55. The van der Waals surface area contributed by atoms with Crippen LogP contribution in [-0.4, -0.2) is 15.9 Å². The molecule has 0 aliphatic heterocycles. The summed E-state index contributed by atoms with van der Waals surface area (Å²) in [5, 5.41) is 14.5. The predicted octanol–water partition coefficient (Wildman–Crippen LogP) is 3.95. The third kappa shape index (κ3) is 4.22. The largest absolute Gasteiger partial charge is 0.370 e. The molecule has 0 fully saturated rings. The summed E-state index contributed by atoms with van der Waals surface area (Å²) in [7, 11) is 0. The van der Waals surface area contributed by atoms with Crippen molar-refractivity contribution < 1.29 is 4.92 Å². The monoisotopic (exact) mass is 367 g/mol. The highest BCUT2D eigenvalue weighted by Gasteiger charge is 2.13. The number of nitrogens with one attached hydrogen (secondary N) is 1. The molecule has 0 bridgehead atoms. The molecule has 0 aliphatic carbocycles. The van der Waals surface area contributed by atoms with Gasteiger partial charge in [0.05, 0.1) is 22.0 Å². The number of hydrogen-bond donors (Lipinski definition) is 2. The Morgan fingerprint density at radius 1 is 1.27 bits per heavy atom. The van der Waals surface area contributed by atoms with Crippen molar-refractivity contribution in [1.82, 2.24) is 4.98 Å². The first-order chi connectivity index (χ1) is 12.5. The molecule has 2 aromatic carbocycles. The lowest BCUT2D eigenvalue weighted by molar-refractivity contribution is -0.384. The van der Waals surface area contributed by atoms with Gasteiger partial charge in [-0.1, -0.05) is 53.8 Å². The van der Waals surface area contributed by atoms with Crippen molar-refractivity contribution in [2.75, 3.05) is 5.32 Å². The molecule has 1 aromatic heterocycles. The van der Waals surface area contributed by atoms with Crippen LogP contribution in [0.25, 0.3) is 10.4 Å². The van der Waals surface area contributed by atoms with Crippen LogP contribution in [0.4, 0.5) is 10.8 Å². The zero-order chi connectivity index (χ0) is 18.5. The number of aliphatic imine (C=N–C) groups is 1. The standard InChI is InChI=1S/C18H17N5O2S/c1-12-16(14-8-5-9-15(10-14)23(24)25)26-18(21-12)22-17(19)20-11-13-6-3-2-4-7-13/h2-10H,11H2,1H3,(H3,19,20,21,22). The first-order valence-corrected chi connectivity index (χ1v) is 8.67. The number of anilines is 1. The predicted molar refractivity (Wildman–Crippen MR) is 104 cm³/mol. The first kappa shape index (κ1) is 17.6. The van der Waals surface area contributed by atoms with Crippen LogP contribution in [0.3, 0.4) is 0 Å². The van der Waals surface area contributed by atoms with Gasteiger partial charge in [-0.25, -0.2) is 9.98 Å². The molecular weight excluding hydrogens is 350 g/mol. The molecule has 3 N–H and O–H groups in total. The van der Waals surface area contributed by atoms with Crippen molar-refractivity contribution in [3.63, 3.8) is 0 Å². The lowest BCUT2D eigenvalue weighted by atomic mass is 10.1. The smallest absolute Gasteiger partial charge is 0.270 e. The van der Waals surface area contributed by atoms with Gasteiger partial charge in [-0.2, -0.15) is 0 Å². The highest BCUT2D eigenvalue weighted by atomic mass is 32.1. The van der Waals surface area contributed by atoms with Gasteiger partial charge in [0.25, 0.3) is 5.69 Å². The van der Waals surface area contributed by atoms with Gasteiger partial charge >= 0.3 is 0 Å². The third-order valence-corrected chi connectivity index (χ3v) is 4.75. The number of nitrogens with zero attached hydrogens (tertiary/aromatic N) is 3. The van der Waals surface area contributed by atoms with E-state index in [4.69, 9.17) is 5.73 Å². The molecule has 0 unspecified atom stereocenters. The molecule has 0 spiro atoms. The number of nitrogens with two attached hydrogens (primary N) is 1. The zero-order valence-corrected chi connectivity index (χ0v) is 14.9. The van der Waals surface area contributed by atoms with Gasteiger partial charge in [-0.3, -0.25) is 10.1 Å². The van der Waals surface area contributed by atoms with Gasteiger partial charge in [0.2, 0.25) is 0 Å². The molecule has 0 atom stereocenters.